The van der Waals surface area contributed by atoms with Gasteiger partial charge < -0.3 is 5.11 Å². The van der Waals surface area contributed by atoms with Gasteiger partial charge in [0.2, 0.25) is 0 Å². The lowest BCUT2D eigenvalue weighted by molar-refractivity contribution is -0.131. The topological polar surface area (TPSA) is 37.3 Å². The van der Waals surface area contributed by atoms with Gasteiger partial charge in [-0.25, -0.2) is 4.79 Å². The Labute approximate surface area is 141 Å². The first-order valence-electron chi connectivity index (χ1n) is 7.64. The van der Waals surface area contributed by atoms with E-state index in [4.69, 9.17) is 5.11 Å². The molecule has 2 heteroatoms. The molecule has 3 aromatic rings. The van der Waals surface area contributed by atoms with Crippen molar-refractivity contribution >= 4 is 22.8 Å². The highest BCUT2D eigenvalue weighted by Gasteiger charge is 2.01. The summed E-state index contributed by atoms with van der Waals surface area (Å²) in [5.74, 6) is 5.05. The Morgan fingerprint density at radius 3 is 2.29 bits per heavy atom. The molecule has 0 saturated heterocycles. The van der Waals surface area contributed by atoms with Crippen LogP contribution in [0.5, 0.6) is 0 Å². The summed E-state index contributed by atoms with van der Waals surface area (Å²) in [4.78, 5) is 10.6. The van der Waals surface area contributed by atoms with Crippen molar-refractivity contribution in [2.24, 2.45) is 0 Å². The van der Waals surface area contributed by atoms with E-state index in [2.05, 4.69) is 42.2 Å². The Morgan fingerprint density at radius 2 is 1.58 bits per heavy atom. The predicted octanol–water partition coefficient (Wildman–Crippen LogP) is 4.98. The van der Waals surface area contributed by atoms with Gasteiger partial charge in [-0.05, 0) is 58.7 Å². The number of benzene rings is 3. The van der Waals surface area contributed by atoms with Crippen molar-refractivity contribution in [3.8, 4) is 23.0 Å². The van der Waals surface area contributed by atoms with Crippen molar-refractivity contribution in [3.05, 3.63) is 77.9 Å². The molecule has 2 nitrogen and oxygen atoms in total. The first-order chi connectivity index (χ1) is 11.7. The van der Waals surface area contributed by atoms with E-state index in [1.807, 2.05) is 37.3 Å². The molecule has 1 N–H and O–H groups in total. The van der Waals surface area contributed by atoms with Crippen molar-refractivity contribution in [1.82, 2.24) is 0 Å². The van der Waals surface area contributed by atoms with Crippen LogP contribution in [0, 0.1) is 11.8 Å². The second kappa shape index (κ2) is 6.85. The molecule has 0 amide bonds. The minimum atomic E-state index is -0.944. The third-order valence-corrected chi connectivity index (χ3v) is 3.77. The lowest BCUT2D eigenvalue weighted by Gasteiger charge is -2.05. The summed E-state index contributed by atoms with van der Waals surface area (Å²) in [6, 6.07) is 20.4. The van der Waals surface area contributed by atoms with Gasteiger partial charge >= 0.3 is 5.97 Å². The van der Waals surface area contributed by atoms with Crippen LogP contribution in [0.1, 0.15) is 18.1 Å². The van der Waals surface area contributed by atoms with Crippen LogP contribution in [0.3, 0.4) is 0 Å². The van der Waals surface area contributed by atoms with Crippen molar-refractivity contribution in [2.45, 2.75) is 6.92 Å². The summed E-state index contributed by atoms with van der Waals surface area (Å²) in [7, 11) is 0. The number of hydrogen-bond acceptors (Lipinski definition) is 1. The van der Waals surface area contributed by atoms with Gasteiger partial charge in [-0.2, -0.15) is 0 Å². The van der Waals surface area contributed by atoms with Crippen LogP contribution in [0.15, 0.2) is 66.7 Å². The van der Waals surface area contributed by atoms with E-state index in [0.29, 0.717) is 0 Å². The highest BCUT2D eigenvalue weighted by Crippen LogP contribution is 2.25. The van der Waals surface area contributed by atoms with E-state index >= 15 is 0 Å². The number of carboxylic acids is 1. The number of carboxylic acid groups (broad SMARTS) is 1. The van der Waals surface area contributed by atoms with Gasteiger partial charge in [-0.1, -0.05) is 48.4 Å². The van der Waals surface area contributed by atoms with Gasteiger partial charge in [-0.3, -0.25) is 0 Å². The van der Waals surface area contributed by atoms with Crippen LogP contribution in [0.25, 0.3) is 28.0 Å². The fourth-order valence-electron chi connectivity index (χ4n) is 2.60. The van der Waals surface area contributed by atoms with Gasteiger partial charge in [-0.15, -0.1) is 5.92 Å². The number of fused-ring (bicyclic) bond motifs is 1. The van der Waals surface area contributed by atoms with E-state index in [-0.39, 0.29) is 0 Å². The average Bonchev–Trinajstić information content (AvgIpc) is 2.60. The fraction of sp³-hybridized carbons (Fsp3) is 0.0455. The third kappa shape index (κ3) is 3.53. The molecular formula is C22H16O2. The molecule has 0 aliphatic carbocycles. The lowest BCUT2D eigenvalue weighted by atomic mass is 9.99. The first-order valence-corrected chi connectivity index (χ1v) is 7.64. The standard InChI is InChI=1S/C22H16O2/c1-2-3-17-6-10-21-15-20(12-11-19(21)14-17)18-8-4-16(5-9-18)7-13-22(23)24/h4-15H,1H3,(H,23,24)/b13-7+. The third-order valence-electron chi connectivity index (χ3n) is 3.77. The SMILES string of the molecule is CC#Cc1ccc2cc(-c3ccc(/C=C/C(=O)O)cc3)ccc2c1. The van der Waals surface area contributed by atoms with E-state index in [0.717, 1.165) is 28.3 Å². The maximum absolute atomic E-state index is 10.6. The zero-order valence-electron chi connectivity index (χ0n) is 13.3. The Hall–Kier alpha value is -3.31. The van der Waals surface area contributed by atoms with Crippen LogP contribution in [0.4, 0.5) is 0 Å². The molecule has 3 rings (SSSR count). The van der Waals surface area contributed by atoms with Crippen molar-refractivity contribution < 1.29 is 9.90 Å². The monoisotopic (exact) mass is 312 g/mol. The minimum Gasteiger partial charge on any atom is -0.478 e. The Bertz CT molecular complexity index is 984. The zero-order valence-corrected chi connectivity index (χ0v) is 13.3. The summed E-state index contributed by atoms with van der Waals surface area (Å²) < 4.78 is 0. The molecule has 0 spiro atoms. The number of rotatable bonds is 3. The average molecular weight is 312 g/mol. The number of carbonyl (C=O) groups is 1. The Balaban J connectivity index is 1.92. The summed E-state index contributed by atoms with van der Waals surface area (Å²) in [5, 5.41) is 11.0. The largest absolute Gasteiger partial charge is 0.478 e. The lowest BCUT2D eigenvalue weighted by Crippen LogP contribution is -1.85. The van der Waals surface area contributed by atoms with Crippen LogP contribution in [0.2, 0.25) is 0 Å². The van der Waals surface area contributed by atoms with E-state index in [1.165, 1.54) is 10.8 Å². The smallest absolute Gasteiger partial charge is 0.328 e. The van der Waals surface area contributed by atoms with Gasteiger partial charge in [0, 0.05) is 11.6 Å². The molecule has 0 aromatic heterocycles. The molecule has 0 aliphatic rings. The first kappa shape index (κ1) is 15.6. The fourth-order valence-corrected chi connectivity index (χ4v) is 2.60. The van der Waals surface area contributed by atoms with Gasteiger partial charge in [0.1, 0.15) is 0 Å². The predicted molar refractivity (Wildman–Crippen MR) is 98.6 cm³/mol. The Morgan fingerprint density at radius 1 is 0.917 bits per heavy atom. The van der Waals surface area contributed by atoms with Crippen LogP contribution in [-0.4, -0.2) is 11.1 Å². The molecule has 0 saturated carbocycles. The van der Waals surface area contributed by atoms with Crippen molar-refractivity contribution in [3.63, 3.8) is 0 Å². The minimum absolute atomic E-state index is 0.865. The molecule has 3 aromatic carbocycles. The van der Waals surface area contributed by atoms with Crippen LogP contribution >= 0.6 is 0 Å². The second-order valence-electron chi connectivity index (χ2n) is 5.45. The van der Waals surface area contributed by atoms with E-state index in [1.54, 1.807) is 6.08 Å². The summed E-state index contributed by atoms with van der Waals surface area (Å²) in [6.07, 6.45) is 2.73. The molecule has 24 heavy (non-hydrogen) atoms. The summed E-state index contributed by atoms with van der Waals surface area (Å²) >= 11 is 0. The van der Waals surface area contributed by atoms with E-state index in [9.17, 15) is 4.79 Å². The maximum Gasteiger partial charge on any atom is 0.328 e. The number of aliphatic carboxylic acids is 1. The highest BCUT2D eigenvalue weighted by molar-refractivity contribution is 5.89. The molecule has 0 fully saturated rings. The zero-order chi connectivity index (χ0) is 16.9. The Kier molecular flexibility index (Phi) is 4.45. The summed E-state index contributed by atoms with van der Waals surface area (Å²) in [6.45, 7) is 1.84. The molecular weight excluding hydrogens is 296 g/mol. The molecule has 0 bridgehead atoms. The second-order valence-corrected chi connectivity index (χ2v) is 5.45. The highest BCUT2D eigenvalue weighted by atomic mass is 16.4. The summed E-state index contributed by atoms with van der Waals surface area (Å²) in [5.41, 5.74) is 4.12. The van der Waals surface area contributed by atoms with Crippen LogP contribution in [-0.2, 0) is 4.79 Å². The maximum atomic E-state index is 10.6. The van der Waals surface area contributed by atoms with Crippen molar-refractivity contribution in [1.29, 1.82) is 0 Å². The number of hydrogen-bond donors (Lipinski definition) is 1. The quantitative estimate of drug-likeness (QED) is 0.547. The van der Waals surface area contributed by atoms with Crippen molar-refractivity contribution in [2.75, 3.05) is 0 Å². The molecule has 116 valence electrons. The molecule has 0 aliphatic heterocycles. The van der Waals surface area contributed by atoms with Gasteiger partial charge in [0.25, 0.3) is 0 Å². The molecule has 0 unspecified atom stereocenters. The van der Waals surface area contributed by atoms with E-state index < -0.39 is 5.97 Å². The van der Waals surface area contributed by atoms with Gasteiger partial charge in [0.05, 0.1) is 0 Å². The molecule has 0 atom stereocenters. The molecule has 0 radical (unpaired) electrons. The van der Waals surface area contributed by atoms with Crippen LogP contribution < -0.4 is 0 Å². The normalized spacial score (nSPS) is 10.5. The van der Waals surface area contributed by atoms with Gasteiger partial charge in [0.15, 0.2) is 0 Å². The molecule has 0 heterocycles.